The quantitative estimate of drug-likeness (QED) is 0.469. The highest BCUT2D eigenvalue weighted by atomic mass is 35.5. The van der Waals surface area contributed by atoms with E-state index in [0.717, 1.165) is 5.56 Å². The molecule has 1 N–H and O–H groups in total. The molecule has 27 heavy (non-hydrogen) atoms. The number of halogens is 1. The van der Waals surface area contributed by atoms with E-state index in [0.29, 0.717) is 22.1 Å². The first-order chi connectivity index (χ1) is 12.8. The minimum atomic E-state index is -0.267. The number of benzene rings is 2. The van der Waals surface area contributed by atoms with E-state index in [9.17, 15) is 4.79 Å². The zero-order chi connectivity index (χ0) is 19.4. The van der Waals surface area contributed by atoms with E-state index in [1.165, 1.54) is 11.8 Å². The minimum absolute atomic E-state index is 0.0498. The second-order valence-corrected chi connectivity index (χ2v) is 7.67. The Morgan fingerprint density at radius 1 is 1.00 bits per heavy atom. The molecular weight excluding hydrogens is 360 g/mol. The van der Waals surface area contributed by atoms with Crippen molar-refractivity contribution >= 4 is 23.7 Å². The molecule has 0 radical (unpaired) electrons. The van der Waals surface area contributed by atoms with E-state index in [2.05, 4.69) is 31.3 Å². The molecule has 0 aliphatic carbocycles. The number of hydrogen-bond donors (Lipinski definition) is 1. The number of carbonyl (C=O) groups is 1. The maximum Gasteiger partial charge on any atom is 0.271 e. The van der Waals surface area contributed by atoms with Crippen LogP contribution in [0.4, 0.5) is 0 Å². The Labute approximate surface area is 163 Å². The molecule has 0 aliphatic rings. The van der Waals surface area contributed by atoms with Crippen LogP contribution in [-0.2, 0) is 5.41 Å². The monoisotopic (exact) mass is 380 g/mol. The van der Waals surface area contributed by atoms with Crippen LogP contribution in [0, 0.1) is 0 Å². The fourth-order valence-corrected chi connectivity index (χ4v) is 2.66. The molecule has 0 aliphatic heterocycles. The van der Waals surface area contributed by atoms with Crippen LogP contribution >= 0.6 is 11.6 Å². The molecule has 1 heterocycles. The van der Waals surface area contributed by atoms with Crippen molar-refractivity contribution in [2.45, 2.75) is 26.2 Å². The normalized spacial score (nSPS) is 11.7. The summed E-state index contributed by atoms with van der Waals surface area (Å²) >= 11 is 5.89. The first-order valence-corrected chi connectivity index (χ1v) is 9.00. The van der Waals surface area contributed by atoms with Crippen molar-refractivity contribution in [2.75, 3.05) is 0 Å². The van der Waals surface area contributed by atoms with E-state index in [4.69, 9.17) is 16.0 Å². The number of hydrazone groups is 1. The lowest BCUT2D eigenvalue weighted by Crippen LogP contribution is -2.18. The van der Waals surface area contributed by atoms with Gasteiger partial charge in [0.15, 0.2) is 0 Å². The zero-order valence-corrected chi connectivity index (χ0v) is 16.2. The number of amides is 1. The lowest BCUT2D eigenvalue weighted by molar-refractivity contribution is 0.0955. The van der Waals surface area contributed by atoms with Gasteiger partial charge in [-0.2, -0.15) is 5.10 Å². The Hall–Kier alpha value is -2.85. The van der Waals surface area contributed by atoms with Crippen molar-refractivity contribution in [1.29, 1.82) is 0 Å². The molecule has 0 unspecified atom stereocenters. The van der Waals surface area contributed by atoms with Crippen LogP contribution in [0.5, 0.6) is 0 Å². The lowest BCUT2D eigenvalue weighted by Gasteiger charge is -2.18. The number of carbonyl (C=O) groups excluding carboxylic acids is 1. The van der Waals surface area contributed by atoms with Gasteiger partial charge in [0.25, 0.3) is 5.91 Å². The molecule has 3 aromatic rings. The van der Waals surface area contributed by atoms with Crippen LogP contribution in [0.3, 0.4) is 0 Å². The van der Waals surface area contributed by atoms with Crippen molar-refractivity contribution in [1.82, 2.24) is 5.43 Å². The average Bonchev–Trinajstić information content (AvgIpc) is 3.10. The molecule has 4 nitrogen and oxygen atoms in total. The number of hydrogen-bond acceptors (Lipinski definition) is 3. The maximum absolute atomic E-state index is 12.2. The van der Waals surface area contributed by atoms with Crippen LogP contribution in [0.15, 0.2) is 70.2 Å². The number of nitrogens with zero attached hydrogens (tertiary/aromatic N) is 1. The molecule has 0 atom stereocenters. The Balaban J connectivity index is 1.62. The van der Waals surface area contributed by atoms with E-state index >= 15 is 0 Å². The van der Waals surface area contributed by atoms with Crippen molar-refractivity contribution in [3.8, 4) is 11.3 Å². The lowest BCUT2D eigenvalue weighted by atomic mass is 9.87. The number of nitrogens with one attached hydrogen (secondary N) is 1. The molecule has 0 saturated heterocycles. The first-order valence-electron chi connectivity index (χ1n) is 8.63. The average molecular weight is 381 g/mol. The third-order valence-electron chi connectivity index (χ3n) is 4.13. The highest BCUT2D eigenvalue weighted by Crippen LogP contribution is 2.23. The van der Waals surface area contributed by atoms with Gasteiger partial charge in [-0.3, -0.25) is 4.79 Å². The molecule has 1 aromatic heterocycles. The summed E-state index contributed by atoms with van der Waals surface area (Å²) < 4.78 is 5.71. The van der Waals surface area contributed by atoms with Gasteiger partial charge < -0.3 is 4.42 Å². The molecule has 2 aromatic carbocycles. The predicted octanol–water partition coefficient (Wildman–Crippen LogP) is 5.66. The summed E-state index contributed by atoms with van der Waals surface area (Å²) in [6.07, 6.45) is 1.47. The molecular formula is C22H21ClN2O2. The largest absolute Gasteiger partial charge is 0.455 e. The van der Waals surface area contributed by atoms with Crippen LogP contribution in [0.1, 0.15) is 42.5 Å². The Morgan fingerprint density at radius 3 is 2.30 bits per heavy atom. The minimum Gasteiger partial charge on any atom is -0.455 e. The van der Waals surface area contributed by atoms with Crippen LogP contribution in [0.25, 0.3) is 11.3 Å². The van der Waals surface area contributed by atoms with Gasteiger partial charge in [-0.1, -0.05) is 44.5 Å². The molecule has 138 valence electrons. The third kappa shape index (κ3) is 4.86. The molecule has 0 bridgehead atoms. The molecule has 3 rings (SSSR count). The van der Waals surface area contributed by atoms with Gasteiger partial charge in [0.2, 0.25) is 0 Å². The highest BCUT2D eigenvalue weighted by Gasteiger charge is 2.14. The van der Waals surface area contributed by atoms with Crippen molar-refractivity contribution in [3.05, 3.63) is 82.6 Å². The first kappa shape index (κ1) is 18.9. The van der Waals surface area contributed by atoms with E-state index in [1.54, 1.807) is 30.3 Å². The fraction of sp³-hybridized carbons (Fsp3) is 0.182. The molecule has 0 fully saturated rings. The second kappa shape index (κ2) is 7.80. The topological polar surface area (TPSA) is 54.6 Å². The van der Waals surface area contributed by atoms with Crippen LogP contribution < -0.4 is 5.43 Å². The van der Waals surface area contributed by atoms with Crippen molar-refractivity contribution < 1.29 is 9.21 Å². The summed E-state index contributed by atoms with van der Waals surface area (Å²) in [4.78, 5) is 12.2. The van der Waals surface area contributed by atoms with Crippen LogP contribution in [-0.4, -0.2) is 12.1 Å². The Bertz CT molecular complexity index is 949. The summed E-state index contributed by atoms with van der Waals surface area (Å²) in [7, 11) is 0. The zero-order valence-electron chi connectivity index (χ0n) is 15.5. The fourth-order valence-electron chi connectivity index (χ4n) is 2.53. The number of rotatable bonds is 4. The third-order valence-corrected chi connectivity index (χ3v) is 4.38. The second-order valence-electron chi connectivity index (χ2n) is 7.24. The van der Waals surface area contributed by atoms with Gasteiger partial charge in [-0.05, 0) is 59.5 Å². The standard InChI is InChI=1S/C22H21ClN2O2/c1-22(2,3)17-8-4-16(5-9-17)21(26)25-24-14-19-12-13-20(27-19)15-6-10-18(23)11-7-15/h4-14H,1-3H3,(H,25,26)/b24-14-. The van der Waals surface area contributed by atoms with Gasteiger partial charge in [-0.15, -0.1) is 0 Å². The van der Waals surface area contributed by atoms with E-state index in [1.807, 2.05) is 30.3 Å². The van der Waals surface area contributed by atoms with Gasteiger partial charge in [0, 0.05) is 16.1 Å². The number of furan rings is 1. The molecule has 0 saturated carbocycles. The van der Waals surface area contributed by atoms with Crippen molar-refractivity contribution in [3.63, 3.8) is 0 Å². The summed E-state index contributed by atoms with van der Waals surface area (Å²) in [6, 6.07) is 18.5. The van der Waals surface area contributed by atoms with E-state index < -0.39 is 0 Å². The summed E-state index contributed by atoms with van der Waals surface area (Å²) in [5.74, 6) is 0.983. The van der Waals surface area contributed by atoms with Gasteiger partial charge in [0.1, 0.15) is 11.5 Å². The summed E-state index contributed by atoms with van der Waals surface area (Å²) in [5, 5.41) is 4.64. The SMILES string of the molecule is CC(C)(C)c1ccc(C(=O)N/N=C\c2ccc(-c3ccc(Cl)cc3)o2)cc1. The van der Waals surface area contributed by atoms with Crippen LogP contribution in [0.2, 0.25) is 5.02 Å². The maximum atomic E-state index is 12.2. The predicted molar refractivity (Wildman–Crippen MR) is 109 cm³/mol. The highest BCUT2D eigenvalue weighted by molar-refractivity contribution is 6.30. The molecule has 0 spiro atoms. The van der Waals surface area contributed by atoms with Gasteiger partial charge >= 0.3 is 0 Å². The smallest absolute Gasteiger partial charge is 0.271 e. The van der Waals surface area contributed by atoms with Gasteiger partial charge in [0.05, 0.1) is 6.21 Å². The molecule has 5 heteroatoms. The van der Waals surface area contributed by atoms with Crippen molar-refractivity contribution in [2.24, 2.45) is 5.10 Å². The Morgan fingerprint density at radius 2 is 1.67 bits per heavy atom. The molecule has 1 amide bonds. The van der Waals surface area contributed by atoms with E-state index in [-0.39, 0.29) is 11.3 Å². The Kier molecular flexibility index (Phi) is 5.47. The summed E-state index contributed by atoms with van der Waals surface area (Å²) in [5.41, 5.74) is 5.21. The van der Waals surface area contributed by atoms with Gasteiger partial charge in [-0.25, -0.2) is 5.43 Å². The summed E-state index contributed by atoms with van der Waals surface area (Å²) in [6.45, 7) is 6.40.